The maximum atomic E-state index is 11.4. The zero-order valence-corrected chi connectivity index (χ0v) is 13.8. The Morgan fingerprint density at radius 2 is 2.19 bits per heavy atom. The highest BCUT2D eigenvalue weighted by atomic mass is 35.5. The van der Waals surface area contributed by atoms with Gasteiger partial charge in [-0.2, -0.15) is 0 Å². The molecule has 0 aromatic carbocycles. The fourth-order valence-electron chi connectivity index (χ4n) is 1.30. The van der Waals surface area contributed by atoms with Crippen LogP contribution >= 0.6 is 23.2 Å². The van der Waals surface area contributed by atoms with Crippen LogP contribution in [0.3, 0.4) is 0 Å². The molecule has 0 aliphatic heterocycles. The summed E-state index contributed by atoms with van der Waals surface area (Å²) in [5.41, 5.74) is 0.480. The second kappa shape index (κ2) is 7.59. The van der Waals surface area contributed by atoms with Crippen molar-refractivity contribution in [1.82, 2.24) is 4.98 Å². The number of alkyl halides is 1. The molecule has 0 saturated heterocycles. The van der Waals surface area contributed by atoms with Crippen molar-refractivity contribution in [1.29, 1.82) is 0 Å². The van der Waals surface area contributed by atoms with Crippen molar-refractivity contribution in [3.8, 4) is 5.75 Å². The molecule has 0 atom stereocenters. The van der Waals surface area contributed by atoms with Crippen LogP contribution in [0.1, 0.15) is 12.6 Å². The molecular formula is C13H14Cl2N2O3S. The Morgan fingerprint density at radius 3 is 2.71 bits per heavy atom. The highest BCUT2D eigenvalue weighted by molar-refractivity contribution is 8.06. The summed E-state index contributed by atoms with van der Waals surface area (Å²) in [6.45, 7) is 5.03. The molecule has 0 N–H and O–H groups in total. The van der Waals surface area contributed by atoms with E-state index in [2.05, 4.69) is 16.6 Å². The van der Waals surface area contributed by atoms with Crippen LogP contribution in [0.25, 0.3) is 0 Å². The zero-order chi connectivity index (χ0) is 16.0. The quantitative estimate of drug-likeness (QED) is 0.269. The summed E-state index contributed by atoms with van der Waals surface area (Å²) in [6.07, 6.45) is 3.49. The Morgan fingerprint density at radius 1 is 1.52 bits per heavy atom. The number of aliphatic imine (C=N–C) groups is 1. The standard InChI is InChI=1S/C13H14Cl2N2O3S/c1-4-13(21(3,18)19)16-8-9(2)20-11-5-6-12(15)17-10(11)7-14/h4-6,8H,1,7H2,2-3H3. The summed E-state index contributed by atoms with van der Waals surface area (Å²) < 4.78 is 28.2. The third-order valence-electron chi connectivity index (χ3n) is 2.22. The van der Waals surface area contributed by atoms with E-state index in [1.807, 2.05) is 0 Å². The first-order valence-corrected chi connectivity index (χ1v) is 8.54. The molecule has 0 bridgehead atoms. The Labute approximate surface area is 133 Å². The normalized spacial score (nSPS) is 13.1. The number of nitrogens with zero attached hydrogens (tertiary/aromatic N) is 2. The first-order valence-electron chi connectivity index (χ1n) is 5.74. The molecular weight excluding hydrogens is 335 g/mol. The first kappa shape index (κ1) is 17.7. The summed E-state index contributed by atoms with van der Waals surface area (Å²) >= 11 is 11.5. The van der Waals surface area contributed by atoms with Crippen molar-refractivity contribution in [2.24, 2.45) is 4.99 Å². The van der Waals surface area contributed by atoms with Gasteiger partial charge >= 0.3 is 0 Å². The van der Waals surface area contributed by atoms with Crippen LogP contribution in [-0.4, -0.2) is 24.7 Å². The number of pyridine rings is 1. The first-order chi connectivity index (χ1) is 9.77. The molecule has 1 heterocycles. The Bertz CT molecular complexity index is 697. The molecule has 1 aromatic heterocycles. The van der Waals surface area contributed by atoms with Crippen LogP contribution in [0.5, 0.6) is 5.75 Å². The maximum Gasteiger partial charge on any atom is 0.192 e. The van der Waals surface area contributed by atoms with Crippen LogP contribution in [0.4, 0.5) is 0 Å². The molecule has 0 amide bonds. The minimum atomic E-state index is -3.42. The molecule has 0 saturated carbocycles. The minimum Gasteiger partial charge on any atom is -0.458 e. The highest BCUT2D eigenvalue weighted by Gasteiger charge is 2.09. The number of rotatable bonds is 5. The number of ether oxygens (including phenoxy) is 1. The Hall–Kier alpha value is -1.37. The molecule has 114 valence electrons. The predicted molar refractivity (Wildman–Crippen MR) is 85.7 cm³/mol. The Kier molecular flexibility index (Phi) is 6.39. The average Bonchev–Trinajstić information content (AvgIpc) is 2.39. The van der Waals surface area contributed by atoms with Gasteiger partial charge in [0.2, 0.25) is 0 Å². The van der Waals surface area contributed by atoms with E-state index in [-0.39, 0.29) is 10.9 Å². The molecule has 1 rings (SSSR count). The van der Waals surface area contributed by atoms with Gasteiger partial charge in [0.05, 0.1) is 17.8 Å². The van der Waals surface area contributed by atoms with Crippen molar-refractivity contribution < 1.29 is 13.2 Å². The monoisotopic (exact) mass is 348 g/mol. The summed E-state index contributed by atoms with van der Waals surface area (Å²) in [4.78, 5) is 7.86. The second-order valence-electron chi connectivity index (χ2n) is 4.00. The lowest BCUT2D eigenvalue weighted by Gasteiger charge is -2.08. The van der Waals surface area contributed by atoms with Gasteiger partial charge in [-0.15, -0.1) is 11.6 Å². The molecule has 0 aliphatic rings. The molecule has 21 heavy (non-hydrogen) atoms. The van der Waals surface area contributed by atoms with E-state index in [1.165, 1.54) is 6.20 Å². The predicted octanol–water partition coefficient (Wildman–Crippen LogP) is 3.34. The summed E-state index contributed by atoms with van der Waals surface area (Å²) in [5, 5.41) is 0.168. The lowest BCUT2D eigenvalue weighted by atomic mass is 10.3. The molecule has 8 heteroatoms. The van der Waals surface area contributed by atoms with Crippen LogP contribution in [0, 0.1) is 0 Å². The maximum absolute atomic E-state index is 11.4. The fourth-order valence-corrected chi connectivity index (χ4v) is 2.21. The lowest BCUT2D eigenvalue weighted by Crippen LogP contribution is -2.09. The average molecular weight is 349 g/mol. The summed E-state index contributed by atoms with van der Waals surface area (Å²) in [5.74, 6) is 0.930. The fraction of sp³-hybridized carbons (Fsp3) is 0.231. The minimum absolute atomic E-state index is 0.133. The molecule has 0 spiro atoms. The number of allylic oxidation sites excluding steroid dienone is 1. The van der Waals surface area contributed by atoms with E-state index in [4.69, 9.17) is 27.9 Å². The molecule has 0 radical (unpaired) electrons. The van der Waals surface area contributed by atoms with Gasteiger partial charge in [0, 0.05) is 6.26 Å². The van der Waals surface area contributed by atoms with Gasteiger partial charge in [0.25, 0.3) is 0 Å². The van der Waals surface area contributed by atoms with E-state index in [0.717, 1.165) is 12.3 Å². The van der Waals surface area contributed by atoms with Gasteiger partial charge in [-0.1, -0.05) is 18.2 Å². The van der Waals surface area contributed by atoms with Crippen molar-refractivity contribution in [3.05, 3.63) is 47.6 Å². The van der Waals surface area contributed by atoms with Crippen LogP contribution in [0.2, 0.25) is 5.15 Å². The third-order valence-corrected chi connectivity index (χ3v) is 3.72. The van der Waals surface area contributed by atoms with Gasteiger partial charge in [-0.05, 0) is 25.1 Å². The number of halogens is 2. The number of sulfone groups is 1. The molecule has 0 fully saturated rings. The van der Waals surface area contributed by atoms with Crippen molar-refractivity contribution in [3.63, 3.8) is 0 Å². The summed E-state index contributed by atoms with van der Waals surface area (Å²) in [7, 11) is -3.42. The van der Waals surface area contributed by atoms with Gasteiger partial charge in [-0.25, -0.2) is 18.4 Å². The van der Waals surface area contributed by atoms with Crippen LogP contribution in [-0.2, 0) is 15.7 Å². The smallest absolute Gasteiger partial charge is 0.192 e. The lowest BCUT2D eigenvalue weighted by molar-refractivity contribution is 0.420. The highest BCUT2D eigenvalue weighted by Crippen LogP contribution is 2.22. The van der Waals surface area contributed by atoms with Crippen molar-refractivity contribution in [2.75, 3.05) is 6.26 Å². The van der Waals surface area contributed by atoms with Gasteiger partial charge in [0.15, 0.2) is 14.9 Å². The number of aromatic nitrogens is 1. The van der Waals surface area contributed by atoms with Crippen molar-refractivity contribution >= 4 is 38.1 Å². The topological polar surface area (TPSA) is 68.6 Å². The molecule has 0 unspecified atom stereocenters. The summed E-state index contributed by atoms with van der Waals surface area (Å²) in [6, 6.07) is 3.19. The third kappa shape index (κ3) is 5.49. The van der Waals surface area contributed by atoms with Crippen molar-refractivity contribution in [2.45, 2.75) is 12.8 Å². The molecule has 0 aliphatic carbocycles. The van der Waals surface area contributed by atoms with Gasteiger partial charge in [-0.3, -0.25) is 0 Å². The molecule has 1 aromatic rings. The van der Waals surface area contributed by atoms with E-state index in [0.29, 0.717) is 22.4 Å². The number of hydrogen-bond donors (Lipinski definition) is 0. The van der Waals surface area contributed by atoms with E-state index >= 15 is 0 Å². The second-order valence-corrected chi connectivity index (χ2v) is 6.61. The number of hydrogen-bond acceptors (Lipinski definition) is 5. The van der Waals surface area contributed by atoms with Crippen LogP contribution in [0.15, 0.2) is 41.7 Å². The largest absolute Gasteiger partial charge is 0.458 e. The van der Waals surface area contributed by atoms with E-state index in [1.54, 1.807) is 19.1 Å². The SMILES string of the molecule is C=CC(=NC=C(C)Oc1ccc(Cl)nc1CCl)S(C)(=O)=O. The van der Waals surface area contributed by atoms with Gasteiger partial charge < -0.3 is 4.74 Å². The van der Waals surface area contributed by atoms with Gasteiger partial charge in [0.1, 0.15) is 16.7 Å². The van der Waals surface area contributed by atoms with E-state index in [9.17, 15) is 8.42 Å². The molecule has 5 nitrogen and oxygen atoms in total. The Balaban J connectivity index is 3.01. The van der Waals surface area contributed by atoms with E-state index < -0.39 is 9.84 Å². The van der Waals surface area contributed by atoms with Crippen LogP contribution < -0.4 is 4.74 Å². The zero-order valence-electron chi connectivity index (χ0n) is 11.5.